The lowest BCUT2D eigenvalue weighted by Gasteiger charge is -2.06. The molecule has 0 atom stereocenters. The molecule has 0 aliphatic heterocycles. The van der Waals surface area contributed by atoms with Crippen LogP contribution < -0.4 is 5.32 Å². The number of nitrogens with one attached hydrogen (secondary N) is 1. The normalized spacial score (nSPS) is 10.5. The standard InChI is InChI=1S/C15H15BrN2O3/c16-13-4-3-12(15(9-13)18(20)21)10-17-8-7-11-1-5-14(19)6-2-11/h1-6,9,17,19H,7-8,10H2. The number of halogens is 1. The van der Waals surface area contributed by atoms with Crippen molar-refractivity contribution in [2.24, 2.45) is 0 Å². The van der Waals surface area contributed by atoms with Crippen LogP contribution in [0.2, 0.25) is 0 Å². The Bertz CT molecular complexity index is 629. The molecule has 0 saturated heterocycles. The number of phenolic OH excluding ortho intramolecular Hbond substituents is 1. The third kappa shape index (κ3) is 4.54. The highest BCUT2D eigenvalue weighted by Gasteiger charge is 2.13. The Hall–Kier alpha value is -1.92. The third-order valence-electron chi connectivity index (χ3n) is 3.09. The summed E-state index contributed by atoms with van der Waals surface area (Å²) in [6.45, 7) is 1.15. The molecule has 0 aromatic heterocycles. The Morgan fingerprint density at radius 1 is 1.19 bits per heavy atom. The van der Waals surface area contributed by atoms with Gasteiger partial charge in [-0.15, -0.1) is 0 Å². The maximum atomic E-state index is 11.0. The fourth-order valence-corrected chi connectivity index (χ4v) is 2.32. The van der Waals surface area contributed by atoms with Gasteiger partial charge in [0.1, 0.15) is 5.75 Å². The van der Waals surface area contributed by atoms with E-state index in [2.05, 4.69) is 21.2 Å². The molecule has 0 saturated carbocycles. The van der Waals surface area contributed by atoms with Crippen molar-refractivity contribution < 1.29 is 10.0 Å². The Kier molecular flexibility index (Phi) is 5.30. The second kappa shape index (κ2) is 7.19. The van der Waals surface area contributed by atoms with Crippen LogP contribution in [0.5, 0.6) is 5.75 Å². The molecule has 2 rings (SSSR count). The van der Waals surface area contributed by atoms with Gasteiger partial charge in [0.2, 0.25) is 0 Å². The van der Waals surface area contributed by atoms with Crippen molar-refractivity contribution in [3.05, 3.63) is 68.2 Å². The summed E-state index contributed by atoms with van der Waals surface area (Å²) in [5, 5.41) is 23.4. The van der Waals surface area contributed by atoms with Gasteiger partial charge in [-0.05, 0) is 42.8 Å². The van der Waals surface area contributed by atoms with Crippen molar-refractivity contribution in [3.8, 4) is 5.75 Å². The van der Waals surface area contributed by atoms with E-state index in [9.17, 15) is 15.2 Å². The number of hydrogen-bond acceptors (Lipinski definition) is 4. The molecule has 5 nitrogen and oxygen atoms in total. The van der Waals surface area contributed by atoms with Gasteiger partial charge in [-0.1, -0.05) is 28.1 Å². The first-order valence-corrected chi connectivity index (χ1v) is 7.27. The van der Waals surface area contributed by atoms with Crippen molar-refractivity contribution in [3.63, 3.8) is 0 Å². The first-order chi connectivity index (χ1) is 10.1. The molecule has 0 unspecified atom stereocenters. The summed E-state index contributed by atoms with van der Waals surface area (Å²) in [6.07, 6.45) is 0.796. The number of nitro benzene ring substituents is 1. The molecule has 21 heavy (non-hydrogen) atoms. The third-order valence-corrected chi connectivity index (χ3v) is 3.58. The Morgan fingerprint density at radius 2 is 1.90 bits per heavy atom. The molecule has 0 aliphatic rings. The molecule has 0 amide bonds. The minimum absolute atomic E-state index is 0.113. The summed E-state index contributed by atoms with van der Waals surface area (Å²) in [7, 11) is 0. The van der Waals surface area contributed by atoms with Crippen LogP contribution in [-0.4, -0.2) is 16.6 Å². The second-order valence-corrected chi connectivity index (χ2v) is 5.54. The van der Waals surface area contributed by atoms with E-state index in [1.54, 1.807) is 24.3 Å². The Morgan fingerprint density at radius 3 is 2.57 bits per heavy atom. The van der Waals surface area contributed by atoms with Gasteiger partial charge in [0.15, 0.2) is 0 Å². The molecule has 0 heterocycles. The lowest BCUT2D eigenvalue weighted by Crippen LogP contribution is -2.17. The van der Waals surface area contributed by atoms with E-state index in [1.165, 1.54) is 6.07 Å². The van der Waals surface area contributed by atoms with Gasteiger partial charge in [0, 0.05) is 22.6 Å². The average molecular weight is 351 g/mol. The zero-order chi connectivity index (χ0) is 15.2. The number of rotatable bonds is 6. The number of hydrogen-bond donors (Lipinski definition) is 2. The van der Waals surface area contributed by atoms with Crippen molar-refractivity contribution in [2.45, 2.75) is 13.0 Å². The molecule has 0 bridgehead atoms. The minimum Gasteiger partial charge on any atom is -0.508 e. The van der Waals surface area contributed by atoms with Crippen LogP contribution in [0, 0.1) is 10.1 Å². The smallest absolute Gasteiger partial charge is 0.275 e. The van der Waals surface area contributed by atoms with Gasteiger partial charge < -0.3 is 10.4 Å². The van der Waals surface area contributed by atoms with Gasteiger partial charge in [-0.2, -0.15) is 0 Å². The average Bonchev–Trinajstić information content (AvgIpc) is 2.46. The fourth-order valence-electron chi connectivity index (χ4n) is 1.97. The van der Waals surface area contributed by atoms with E-state index in [0.29, 0.717) is 23.1 Å². The number of benzene rings is 2. The maximum Gasteiger partial charge on any atom is 0.275 e. The van der Waals surface area contributed by atoms with Gasteiger partial charge in [0.25, 0.3) is 5.69 Å². The van der Waals surface area contributed by atoms with Crippen LogP contribution in [0.3, 0.4) is 0 Å². The van der Waals surface area contributed by atoms with E-state index in [4.69, 9.17) is 0 Å². The number of phenols is 1. The van der Waals surface area contributed by atoms with Gasteiger partial charge >= 0.3 is 0 Å². The lowest BCUT2D eigenvalue weighted by molar-refractivity contribution is -0.385. The van der Waals surface area contributed by atoms with Crippen molar-refractivity contribution in [2.75, 3.05) is 6.54 Å². The van der Waals surface area contributed by atoms with E-state index in [-0.39, 0.29) is 16.4 Å². The largest absolute Gasteiger partial charge is 0.508 e. The minimum atomic E-state index is -0.373. The van der Waals surface area contributed by atoms with Crippen LogP contribution in [0.15, 0.2) is 46.9 Å². The predicted octanol–water partition coefficient (Wildman–Crippen LogP) is 3.40. The molecule has 2 N–H and O–H groups in total. The number of nitrogens with zero attached hydrogens (tertiary/aromatic N) is 1. The quantitative estimate of drug-likeness (QED) is 0.475. The Balaban J connectivity index is 1.89. The molecule has 0 radical (unpaired) electrons. The van der Waals surface area contributed by atoms with Gasteiger partial charge in [0.05, 0.1) is 4.92 Å². The molecule has 2 aromatic carbocycles. The van der Waals surface area contributed by atoms with E-state index >= 15 is 0 Å². The summed E-state index contributed by atoms with van der Waals surface area (Å²) in [5.74, 6) is 0.247. The van der Waals surface area contributed by atoms with Crippen LogP contribution in [0.25, 0.3) is 0 Å². The lowest BCUT2D eigenvalue weighted by atomic mass is 10.1. The predicted molar refractivity (Wildman–Crippen MR) is 84.3 cm³/mol. The summed E-state index contributed by atoms with van der Waals surface area (Å²) in [6, 6.07) is 12.1. The topological polar surface area (TPSA) is 75.4 Å². The second-order valence-electron chi connectivity index (χ2n) is 4.62. The van der Waals surface area contributed by atoms with E-state index in [0.717, 1.165) is 12.0 Å². The molecule has 2 aromatic rings. The molecule has 0 aliphatic carbocycles. The Labute approximate surface area is 130 Å². The fraction of sp³-hybridized carbons (Fsp3) is 0.200. The van der Waals surface area contributed by atoms with Gasteiger partial charge in [-0.25, -0.2) is 0 Å². The highest BCUT2D eigenvalue weighted by molar-refractivity contribution is 9.10. The van der Waals surface area contributed by atoms with Crippen molar-refractivity contribution in [1.29, 1.82) is 0 Å². The van der Waals surface area contributed by atoms with E-state index < -0.39 is 0 Å². The highest BCUT2D eigenvalue weighted by Crippen LogP contribution is 2.23. The first kappa shape index (κ1) is 15.5. The summed E-state index contributed by atoms with van der Waals surface area (Å²) >= 11 is 3.24. The van der Waals surface area contributed by atoms with Crippen molar-refractivity contribution in [1.82, 2.24) is 5.32 Å². The molecule has 0 spiro atoms. The molecule has 0 fully saturated rings. The zero-order valence-electron chi connectivity index (χ0n) is 11.3. The monoisotopic (exact) mass is 350 g/mol. The van der Waals surface area contributed by atoms with Gasteiger partial charge in [-0.3, -0.25) is 10.1 Å². The number of aromatic hydroxyl groups is 1. The maximum absolute atomic E-state index is 11.0. The van der Waals surface area contributed by atoms with Crippen LogP contribution in [0.4, 0.5) is 5.69 Å². The van der Waals surface area contributed by atoms with E-state index in [1.807, 2.05) is 12.1 Å². The summed E-state index contributed by atoms with van der Waals surface area (Å²) in [5.41, 5.74) is 1.88. The molecule has 6 heteroatoms. The van der Waals surface area contributed by atoms with Crippen molar-refractivity contribution >= 4 is 21.6 Å². The molecular weight excluding hydrogens is 336 g/mol. The van der Waals surface area contributed by atoms with Crippen LogP contribution >= 0.6 is 15.9 Å². The highest BCUT2D eigenvalue weighted by atomic mass is 79.9. The van der Waals surface area contributed by atoms with Crippen LogP contribution in [-0.2, 0) is 13.0 Å². The summed E-state index contributed by atoms with van der Waals surface area (Å²) in [4.78, 5) is 10.6. The number of nitro groups is 1. The molecule has 110 valence electrons. The summed E-state index contributed by atoms with van der Waals surface area (Å²) < 4.78 is 0.696. The zero-order valence-corrected chi connectivity index (χ0v) is 12.8. The first-order valence-electron chi connectivity index (χ1n) is 6.47. The SMILES string of the molecule is O=[N+]([O-])c1cc(Br)ccc1CNCCc1ccc(O)cc1. The molecular formula is C15H15BrN2O3. The van der Waals surface area contributed by atoms with Crippen LogP contribution in [0.1, 0.15) is 11.1 Å².